The van der Waals surface area contributed by atoms with Crippen LogP contribution >= 0.6 is 11.8 Å². The summed E-state index contributed by atoms with van der Waals surface area (Å²) < 4.78 is 6.44. The Morgan fingerprint density at radius 1 is 1.30 bits per heavy atom. The summed E-state index contributed by atoms with van der Waals surface area (Å²) in [5, 5.41) is 18.8. The van der Waals surface area contributed by atoms with Crippen molar-refractivity contribution < 1.29 is 24.2 Å². The van der Waals surface area contributed by atoms with Gasteiger partial charge in [0.15, 0.2) is 0 Å². The van der Waals surface area contributed by atoms with Crippen LogP contribution in [0.25, 0.3) is 11.0 Å². The second-order valence-corrected chi connectivity index (χ2v) is 12.7. The fourth-order valence-corrected chi connectivity index (χ4v) is 8.87. The number of carbonyl (C=O) groups excluding carboxylic acids is 3. The van der Waals surface area contributed by atoms with Crippen molar-refractivity contribution in [1.82, 2.24) is 24.8 Å². The lowest BCUT2D eigenvalue weighted by Gasteiger charge is -2.40. The lowest BCUT2D eigenvalue weighted by Crippen LogP contribution is -2.58. The van der Waals surface area contributed by atoms with E-state index >= 15 is 0 Å². The molecule has 11 heteroatoms. The highest BCUT2D eigenvalue weighted by Crippen LogP contribution is 2.67. The fourth-order valence-electron chi connectivity index (χ4n) is 6.68. The first-order valence-electron chi connectivity index (χ1n) is 13.8. The van der Waals surface area contributed by atoms with Gasteiger partial charge in [0.05, 0.1) is 41.4 Å². The van der Waals surface area contributed by atoms with Crippen LogP contribution in [-0.2, 0) is 25.8 Å². The first kappa shape index (κ1) is 28.4. The maximum atomic E-state index is 14.6. The van der Waals surface area contributed by atoms with Gasteiger partial charge < -0.3 is 19.6 Å². The predicted octanol–water partition coefficient (Wildman–Crippen LogP) is 2.63. The Labute approximate surface area is 238 Å². The molecule has 10 nitrogen and oxygen atoms in total. The van der Waals surface area contributed by atoms with Crippen molar-refractivity contribution in [3.05, 3.63) is 49.6 Å². The molecule has 2 amide bonds. The molecule has 1 aromatic carbocycles. The zero-order valence-electron chi connectivity index (χ0n) is 23.0. The second-order valence-electron chi connectivity index (χ2n) is 11.1. The molecule has 3 aliphatic rings. The number of hydrogen-bond acceptors (Lipinski definition) is 8. The van der Waals surface area contributed by atoms with Crippen molar-refractivity contribution in [3.8, 4) is 0 Å². The SMILES string of the molecule is C=CCCOC(=O)[C@@H]1[C@@H]2CCC3(S2)C(C(=O)N(CC=C)Cn2nnc4ccccc42)N([C@@H](CO)C(C)C)C(=O)[C@H]13. The van der Waals surface area contributed by atoms with Gasteiger partial charge in [-0.3, -0.25) is 14.4 Å². The summed E-state index contributed by atoms with van der Waals surface area (Å²) in [6.07, 6.45) is 5.21. The molecule has 0 saturated carbocycles. The third kappa shape index (κ3) is 4.52. The molecule has 4 heterocycles. The smallest absolute Gasteiger partial charge is 0.310 e. The van der Waals surface area contributed by atoms with Gasteiger partial charge in [-0.05, 0) is 37.3 Å². The molecule has 2 aromatic rings. The van der Waals surface area contributed by atoms with Crippen LogP contribution in [0.15, 0.2) is 49.6 Å². The van der Waals surface area contributed by atoms with Gasteiger partial charge >= 0.3 is 5.97 Å². The van der Waals surface area contributed by atoms with E-state index in [0.717, 1.165) is 5.52 Å². The lowest BCUT2D eigenvalue weighted by atomic mass is 9.71. The quantitative estimate of drug-likeness (QED) is 0.236. The van der Waals surface area contributed by atoms with Crippen molar-refractivity contribution in [2.45, 2.75) is 61.9 Å². The number of aliphatic hydroxyl groups excluding tert-OH is 1. The van der Waals surface area contributed by atoms with Crippen LogP contribution in [0, 0.1) is 17.8 Å². The normalized spacial score (nSPS) is 27.7. The van der Waals surface area contributed by atoms with Gasteiger partial charge in [0, 0.05) is 11.8 Å². The van der Waals surface area contributed by atoms with Crippen LogP contribution in [0.2, 0.25) is 0 Å². The summed E-state index contributed by atoms with van der Waals surface area (Å²) >= 11 is 1.58. The number of amides is 2. The molecule has 5 rings (SSSR count). The largest absolute Gasteiger partial charge is 0.465 e. The molecule has 2 unspecified atom stereocenters. The minimum Gasteiger partial charge on any atom is -0.465 e. The van der Waals surface area contributed by atoms with Crippen LogP contribution in [-0.4, -0.2) is 89.5 Å². The average molecular weight is 568 g/mol. The monoisotopic (exact) mass is 567 g/mol. The van der Waals surface area contributed by atoms with Crippen molar-refractivity contribution >= 4 is 40.6 Å². The Morgan fingerprint density at radius 3 is 2.77 bits per heavy atom. The van der Waals surface area contributed by atoms with E-state index < -0.39 is 34.6 Å². The minimum absolute atomic E-state index is 0.0960. The topological polar surface area (TPSA) is 118 Å². The number of aliphatic hydroxyl groups is 1. The van der Waals surface area contributed by atoms with E-state index in [1.165, 1.54) is 0 Å². The summed E-state index contributed by atoms with van der Waals surface area (Å²) in [5.41, 5.74) is 1.50. The summed E-state index contributed by atoms with van der Waals surface area (Å²) in [6.45, 7) is 11.7. The summed E-state index contributed by atoms with van der Waals surface area (Å²) in [4.78, 5) is 45.4. The number of aromatic nitrogens is 3. The molecular weight excluding hydrogens is 530 g/mol. The summed E-state index contributed by atoms with van der Waals surface area (Å²) in [7, 11) is 0. The Balaban J connectivity index is 1.53. The third-order valence-electron chi connectivity index (χ3n) is 8.51. The maximum Gasteiger partial charge on any atom is 0.310 e. The number of para-hydroxylation sites is 1. The predicted molar refractivity (Wildman–Crippen MR) is 152 cm³/mol. The molecule has 3 fully saturated rings. The van der Waals surface area contributed by atoms with E-state index in [-0.39, 0.29) is 49.4 Å². The lowest BCUT2D eigenvalue weighted by molar-refractivity contribution is -0.154. The van der Waals surface area contributed by atoms with Gasteiger partial charge in [-0.2, -0.15) is 0 Å². The van der Waals surface area contributed by atoms with Gasteiger partial charge in [0.2, 0.25) is 11.8 Å². The molecule has 1 spiro atoms. The number of thioether (sulfide) groups is 1. The first-order chi connectivity index (χ1) is 19.3. The van der Waals surface area contributed by atoms with Crippen LogP contribution in [0.3, 0.4) is 0 Å². The third-order valence-corrected chi connectivity index (χ3v) is 10.5. The number of carbonyl (C=O) groups is 3. The van der Waals surface area contributed by atoms with E-state index in [9.17, 15) is 19.5 Å². The highest BCUT2D eigenvalue weighted by Gasteiger charge is 2.75. The van der Waals surface area contributed by atoms with E-state index in [1.807, 2.05) is 38.1 Å². The molecular formula is C29H37N5O5S. The van der Waals surface area contributed by atoms with Gasteiger partial charge in [-0.15, -0.1) is 30.0 Å². The average Bonchev–Trinajstić information content (AvgIpc) is 3.68. The number of likely N-dealkylation sites (tertiary alicyclic amines) is 1. The standard InChI is InChI=1S/C29H37N5O5S/c1-5-7-15-39-28(38)23-22-12-13-29(40-22)24(23)26(36)34(21(16-35)18(3)4)25(29)27(37)32(14-6-2)17-33-20-11-9-8-10-19(20)30-31-33/h5-6,8-11,18,21-25,35H,1-2,7,12-17H2,3-4H3/t21-,22-,23+,24-,25?,29?/m0/s1. The maximum absolute atomic E-state index is 14.6. The number of nitrogens with zero attached hydrogens (tertiary/aromatic N) is 5. The van der Waals surface area contributed by atoms with Crippen molar-refractivity contribution in [3.63, 3.8) is 0 Å². The van der Waals surface area contributed by atoms with Crippen LogP contribution in [0.4, 0.5) is 0 Å². The van der Waals surface area contributed by atoms with Crippen LogP contribution in [0.1, 0.15) is 33.1 Å². The minimum atomic E-state index is -0.847. The summed E-state index contributed by atoms with van der Waals surface area (Å²) in [5.74, 6) is -2.32. The van der Waals surface area contributed by atoms with Crippen molar-refractivity contribution in [1.29, 1.82) is 0 Å². The molecule has 214 valence electrons. The fraction of sp³-hybridized carbons (Fsp3) is 0.552. The molecule has 2 bridgehead atoms. The van der Waals surface area contributed by atoms with Gasteiger partial charge in [0.25, 0.3) is 0 Å². The number of ether oxygens (including phenoxy) is 1. The van der Waals surface area contributed by atoms with Gasteiger partial charge in [-0.1, -0.05) is 43.3 Å². The highest BCUT2D eigenvalue weighted by atomic mass is 32.2. The molecule has 1 aromatic heterocycles. The Morgan fingerprint density at radius 2 is 2.08 bits per heavy atom. The van der Waals surface area contributed by atoms with Gasteiger partial charge in [0.1, 0.15) is 18.2 Å². The Kier molecular flexibility index (Phi) is 8.05. The molecule has 0 aliphatic carbocycles. The highest BCUT2D eigenvalue weighted by molar-refractivity contribution is 8.02. The molecule has 3 saturated heterocycles. The van der Waals surface area contributed by atoms with Gasteiger partial charge in [-0.25, -0.2) is 4.68 Å². The zero-order chi connectivity index (χ0) is 28.6. The van der Waals surface area contributed by atoms with E-state index in [4.69, 9.17) is 4.74 Å². The second kappa shape index (κ2) is 11.4. The van der Waals surface area contributed by atoms with Crippen LogP contribution in [0.5, 0.6) is 0 Å². The van der Waals surface area contributed by atoms with Crippen molar-refractivity contribution in [2.24, 2.45) is 17.8 Å². The number of fused-ring (bicyclic) bond motifs is 2. The van der Waals surface area contributed by atoms with Crippen LogP contribution < -0.4 is 0 Å². The van der Waals surface area contributed by atoms with E-state index in [0.29, 0.717) is 24.8 Å². The van der Waals surface area contributed by atoms with E-state index in [1.54, 1.807) is 38.4 Å². The number of benzene rings is 1. The van der Waals surface area contributed by atoms with Crippen molar-refractivity contribution in [2.75, 3.05) is 19.8 Å². The van der Waals surface area contributed by atoms with E-state index in [2.05, 4.69) is 23.5 Å². The zero-order valence-corrected chi connectivity index (χ0v) is 23.8. The molecule has 1 N–H and O–H groups in total. The summed E-state index contributed by atoms with van der Waals surface area (Å²) in [6, 6.07) is 6.10. The molecule has 3 aliphatic heterocycles. The number of esters is 1. The Bertz CT molecular complexity index is 1310. The Hall–Kier alpha value is -3.18. The molecule has 40 heavy (non-hydrogen) atoms. The number of rotatable bonds is 12. The number of hydrogen-bond donors (Lipinski definition) is 1. The first-order valence-corrected chi connectivity index (χ1v) is 14.7. The molecule has 0 radical (unpaired) electrons. The molecule has 6 atom stereocenters.